The summed E-state index contributed by atoms with van der Waals surface area (Å²) in [6, 6.07) is -0.567. The highest BCUT2D eigenvalue weighted by Gasteiger charge is 2.18. The van der Waals surface area contributed by atoms with Gasteiger partial charge in [-0.3, -0.25) is 5.41 Å². The third-order valence-corrected chi connectivity index (χ3v) is 3.49. The molecule has 0 heterocycles. The summed E-state index contributed by atoms with van der Waals surface area (Å²) < 4.78 is 25.5. The fourth-order valence-corrected chi connectivity index (χ4v) is 2.66. The number of nitrogens with one attached hydrogen (secondary N) is 2. The van der Waals surface area contributed by atoms with Gasteiger partial charge in [0, 0.05) is 0 Å². The second-order valence-corrected chi connectivity index (χ2v) is 5.91. The van der Waals surface area contributed by atoms with Gasteiger partial charge in [0.1, 0.15) is 5.84 Å². The van der Waals surface area contributed by atoms with Gasteiger partial charge in [0.05, 0.1) is 11.8 Å². The van der Waals surface area contributed by atoms with Crippen molar-refractivity contribution in [1.29, 1.82) is 5.41 Å². The van der Waals surface area contributed by atoms with Crippen LogP contribution in [0.1, 0.15) is 33.6 Å². The summed E-state index contributed by atoms with van der Waals surface area (Å²) in [6.07, 6.45) is 1.11. The van der Waals surface area contributed by atoms with Gasteiger partial charge in [0.25, 0.3) is 0 Å². The van der Waals surface area contributed by atoms with Gasteiger partial charge in [0.2, 0.25) is 10.0 Å². The van der Waals surface area contributed by atoms with Crippen LogP contribution in [0.15, 0.2) is 0 Å². The maximum atomic E-state index is 11.5. The molecule has 1 unspecified atom stereocenters. The highest BCUT2D eigenvalue weighted by molar-refractivity contribution is 7.89. The fraction of sp³-hybridized carbons (Fsp3) is 0.889. The van der Waals surface area contributed by atoms with E-state index in [-0.39, 0.29) is 11.6 Å². The molecule has 0 aromatic rings. The maximum absolute atomic E-state index is 11.5. The lowest BCUT2D eigenvalue weighted by atomic mass is 10.2. The zero-order valence-corrected chi connectivity index (χ0v) is 10.4. The number of hydrogen-bond donors (Lipinski definition) is 3. The minimum Gasteiger partial charge on any atom is -0.386 e. The average Bonchev–Trinajstić information content (AvgIpc) is 2.11. The first-order valence-corrected chi connectivity index (χ1v) is 6.77. The van der Waals surface area contributed by atoms with E-state index < -0.39 is 16.1 Å². The first-order valence-electron chi connectivity index (χ1n) is 5.12. The molecular weight excluding hydrogens is 214 g/mol. The summed E-state index contributed by atoms with van der Waals surface area (Å²) in [5.74, 6) is 0.304. The third-order valence-electron chi connectivity index (χ3n) is 2.07. The van der Waals surface area contributed by atoms with Gasteiger partial charge in [0.15, 0.2) is 0 Å². The molecule has 0 aliphatic rings. The Morgan fingerprint density at radius 1 is 1.47 bits per heavy atom. The number of amidine groups is 1. The van der Waals surface area contributed by atoms with E-state index in [9.17, 15) is 8.42 Å². The Balaban J connectivity index is 4.30. The van der Waals surface area contributed by atoms with Crippen LogP contribution in [0, 0.1) is 11.3 Å². The Bertz CT molecular complexity index is 298. The minimum absolute atomic E-state index is 0.0917. The van der Waals surface area contributed by atoms with Crippen molar-refractivity contribution in [2.45, 2.75) is 39.7 Å². The van der Waals surface area contributed by atoms with E-state index in [4.69, 9.17) is 11.1 Å². The quantitative estimate of drug-likeness (QED) is 0.447. The monoisotopic (exact) mass is 235 g/mol. The molecule has 0 saturated carbocycles. The van der Waals surface area contributed by atoms with E-state index in [1.54, 1.807) is 6.92 Å². The first kappa shape index (κ1) is 14.4. The van der Waals surface area contributed by atoms with E-state index >= 15 is 0 Å². The van der Waals surface area contributed by atoms with E-state index in [1.165, 1.54) is 0 Å². The Morgan fingerprint density at radius 2 is 2.00 bits per heavy atom. The molecule has 5 nitrogen and oxygen atoms in total. The lowest BCUT2D eigenvalue weighted by Gasteiger charge is -2.15. The number of hydrogen-bond acceptors (Lipinski definition) is 3. The van der Waals surface area contributed by atoms with E-state index in [0.29, 0.717) is 18.8 Å². The molecule has 0 bridgehead atoms. The molecule has 90 valence electrons. The predicted molar refractivity (Wildman–Crippen MR) is 62.4 cm³/mol. The molecular formula is C9H21N3O2S. The Kier molecular flexibility index (Phi) is 5.82. The predicted octanol–water partition coefficient (Wildman–Crippen LogP) is 0.666. The molecule has 6 heteroatoms. The van der Waals surface area contributed by atoms with Crippen LogP contribution in [0.2, 0.25) is 0 Å². The van der Waals surface area contributed by atoms with Crippen molar-refractivity contribution in [3.05, 3.63) is 0 Å². The maximum Gasteiger partial charge on any atom is 0.212 e. The van der Waals surface area contributed by atoms with Crippen molar-refractivity contribution < 1.29 is 8.42 Å². The van der Waals surface area contributed by atoms with E-state index in [2.05, 4.69) is 4.72 Å². The Hall–Kier alpha value is -0.620. The van der Waals surface area contributed by atoms with Crippen LogP contribution in [-0.4, -0.2) is 26.0 Å². The Labute approximate surface area is 92.0 Å². The second-order valence-electron chi connectivity index (χ2n) is 4.04. The summed E-state index contributed by atoms with van der Waals surface area (Å²) in [6.45, 7) is 5.73. The molecule has 15 heavy (non-hydrogen) atoms. The van der Waals surface area contributed by atoms with Crippen LogP contribution < -0.4 is 10.5 Å². The number of nitrogens with two attached hydrogens (primary N) is 1. The largest absolute Gasteiger partial charge is 0.386 e. The lowest BCUT2D eigenvalue weighted by molar-refractivity contribution is 0.554. The number of rotatable bonds is 7. The van der Waals surface area contributed by atoms with Crippen molar-refractivity contribution in [3.63, 3.8) is 0 Å². The van der Waals surface area contributed by atoms with Gasteiger partial charge in [-0.05, 0) is 18.8 Å². The van der Waals surface area contributed by atoms with Crippen LogP contribution in [0.5, 0.6) is 0 Å². The van der Waals surface area contributed by atoms with Gasteiger partial charge < -0.3 is 5.73 Å². The molecule has 0 aliphatic heterocycles. The molecule has 0 radical (unpaired) electrons. The van der Waals surface area contributed by atoms with Crippen molar-refractivity contribution in [1.82, 2.24) is 4.72 Å². The van der Waals surface area contributed by atoms with E-state index in [0.717, 1.165) is 0 Å². The van der Waals surface area contributed by atoms with Crippen molar-refractivity contribution in [2.75, 3.05) is 5.75 Å². The molecule has 0 rings (SSSR count). The van der Waals surface area contributed by atoms with Crippen LogP contribution >= 0.6 is 0 Å². The van der Waals surface area contributed by atoms with Gasteiger partial charge >= 0.3 is 0 Å². The molecule has 0 saturated heterocycles. The summed E-state index contributed by atoms with van der Waals surface area (Å²) in [5.41, 5.74) is 5.27. The van der Waals surface area contributed by atoms with Gasteiger partial charge in [-0.1, -0.05) is 20.8 Å². The van der Waals surface area contributed by atoms with Gasteiger partial charge in [-0.25, -0.2) is 13.1 Å². The smallest absolute Gasteiger partial charge is 0.212 e. The summed E-state index contributed by atoms with van der Waals surface area (Å²) in [4.78, 5) is 0. The molecule has 0 aromatic heterocycles. The average molecular weight is 235 g/mol. The van der Waals surface area contributed by atoms with E-state index in [1.807, 2.05) is 13.8 Å². The lowest BCUT2D eigenvalue weighted by Crippen LogP contribution is -2.44. The fourth-order valence-electron chi connectivity index (χ4n) is 1.03. The molecule has 4 N–H and O–H groups in total. The van der Waals surface area contributed by atoms with Crippen LogP contribution in [-0.2, 0) is 10.0 Å². The molecule has 0 amide bonds. The third kappa shape index (κ3) is 6.46. The number of sulfonamides is 1. The first-order chi connectivity index (χ1) is 6.78. The molecule has 1 atom stereocenters. The molecule has 0 fully saturated rings. The van der Waals surface area contributed by atoms with Gasteiger partial charge in [-0.2, -0.15) is 0 Å². The SMILES string of the molecule is CCC(NS(=O)(=O)CCC(C)C)C(=N)N. The highest BCUT2D eigenvalue weighted by atomic mass is 32.2. The van der Waals surface area contributed by atoms with Gasteiger partial charge in [-0.15, -0.1) is 0 Å². The topological polar surface area (TPSA) is 96.0 Å². The van der Waals surface area contributed by atoms with Crippen molar-refractivity contribution >= 4 is 15.9 Å². The minimum atomic E-state index is -3.30. The van der Waals surface area contributed by atoms with Crippen molar-refractivity contribution in [2.24, 2.45) is 11.7 Å². The van der Waals surface area contributed by atoms with Crippen LogP contribution in [0.4, 0.5) is 0 Å². The van der Waals surface area contributed by atoms with Crippen LogP contribution in [0.25, 0.3) is 0 Å². The van der Waals surface area contributed by atoms with Crippen LogP contribution in [0.3, 0.4) is 0 Å². The molecule has 0 spiro atoms. The standard InChI is InChI=1S/C9H21N3O2S/c1-4-8(9(10)11)12-15(13,14)6-5-7(2)3/h7-8,12H,4-6H2,1-3H3,(H3,10,11). The Morgan fingerprint density at radius 3 is 2.33 bits per heavy atom. The zero-order chi connectivity index (χ0) is 12.1. The summed E-state index contributed by atoms with van der Waals surface area (Å²) >= 11 is 0. The molecule has 0 aliphatic carbocycles. The normalized spacial score (nSPS) is 14.1. The summed E-state index contributed by atoms with van der Waals surface area (Å²) in [7, 11) is -3.30. The van der Waals surface area contributed by atoms with Crippen molar-refractivity contribution in [3.8, 4) is 0 Å². The summed E-state index contributed by atoms with van der Waals surface area (Å²) in [5, 5.41) is 7.20. The highest BCUT2D eigenvalue weighted by Crippen LogP contribution is 2.03. The zero-order valence-electron chi connectivity index (χ0n) is 9.58. The molecule has 0 aromatic carbocycles. The second kappa shape index (κ2) is 6.07.